The number of amides is 1. The van der Waals surface area contributed by atoms with Crippen molar-refractivity contribution in [2.45, 2.75) is 6.18 Å². The molecule has 0 saturated carbocycles. The molecule has 29 heavy (non-hydrogen) atoms. The number of hydrogen-bond donors (Lipinski definition) is 2. The average Bonchev–Trinajstić information content (AvgIpc) is 2.62. The van der Waals surface area contributed by atoms with Gasteiger partial charge in [0.25, 0.3) is 5.91 Å². The number of carbonyl (C=O) groups is 1. The maximum atomic E-state index is 13.7. The molecule has 9 heteroatoms. The van der Waals surface area contributed by atoms with Crippen molar-refractivity contribution < 1.29 is 31.1 Å². The van der Waals surface area contributed by atoms with Gasteiger partial charge in [-0.1, -0.05) is 12.1 Å². The highest BCUT2D eigenvalue weighted by molar-refractivity contribution is 6.04. The molecular weight excluding hydrogens is 398 g/mol. The first kappa shape index (κ1) is 20.2. The Hall–Kier alpha value is -3.49. The van der Waals surface area contributed by atoms with E-state index in [1.165, 1.54) is 42.5 Å². The number of carbonyl (C=O) groups excluding carboxylic acids is 1. The summed E-state index contributed by atoms with van der Waals surface area (Å²) in [6.45, 7) is 0. The van der Waals surface area contributed by atoms with E-state index in [0.717, 1.165) is 6.07 Å². The van der Waals surface area contributed by atoms with Gasteiger partial charge < -0.3 is 10.6 Å². The Balaban J connectivity index is 1.76. The number of rotatable bonds is 4. The minimum atomic E-state index is -4.54. The van der Waals surface area contributed by atoms with Crippen LogP contribution in [0.15, 0.2) is 60.7 Å². The van der Waals surface area contributed by atoms with Crippen molar-refractivity contribution in [2.24, 2.45) is 0 Å². The zero-order valence-electron chi connectivity index (χ0n) is 14.4. The fraction of sp³-hybridized carbons (Fsp3) is 0.0500. The molecule has 0 saturated heterocycles. The van der Waals surface area contributed by atoms with Crippen molar-refractivity contribution in [3.63, 3.8) is 0 Å². The summed E-state index contributed by atoms with van der Waals surface area (Å²) in [4.78, 5) is 12.0. The van der Waals surface area contributed by atoms with Gasteiger partial charge in [0.2, 0.25) is 0 Å². The van der Waals surface area contributed by atoms with Gasteiger partial charge in [0, 0.05) is 23.5 Å². The van der Waals surface area contributed by atoms with Gasteiger partial charge in [-0.3, -0.25) is 4.79 Å². The van der Waals surface area contributed by atoms with E-state index in [-0.39, 0.29) is 11.4 Å². The summed E-state index contributed by atoms with van der Waals surface area (Å²) in [5.74, 6) is -5.02. The maximum Gasteiger partial charge on any atom is 0.418 e. The summed E-state index contributed by atoms with van der Waals surface area (Å²) in [5, 5.41) is 4.86. The lowest BCUT2D eigenvalue weighted by Gasteiger charge is -2.14. The average molecular weight is 410 g/mol. The largest absolute Gasteiger partial charge is 0.418 e. The van der Waals surface area contributed by atoms with Crippen LogP contribution in [0, 0.1) is 17.5 Å². The first-order valence-electron chi connectivity index (χ1n) is 8.14. The maximum absolute atomic E-state index is 13.7. The molecule has 3 aromatic carbocycles. The Morgan fingerprint density at radius 1 is 0.793 bits per heavy atom. The predicted molar refractivity (Wildman–Crippen MR) is 95.4 cm³/mol. The van der Waals surface area contributed by atoms with Crippen molar-refractivity contribution in [1.82, 2.24) is 0 Å². The van der Waals surface area contributed by atoms with Gasteiger partial charge in [-0.25, -0.2) is 13.2 Å². The summed E-state index contributed by atoms with van der Waals surface area (Å²) < 4.78 is 79.4. The summed E-state index contributed by atoms with van der Waals surface area (Å²) in [7, 11) is 0. The molecule has 2 N–H and O–H groups in total. The second-order valence-corrected chi connectivity index (χ2v) is 5.94. The van der Waals surface area contributed by atoms with Crippen LogP contribution in [0.2, 0.25) is 0 Å². The number of anilines is 3. The molecular formula is C20H12F6N2O. The highest BCUT2D eigenvalue weighted by Crippen LogP contribution is 2.36. The summed E-state index contributed by atoms with van der Waals surface area (Å²) in [6.07, 6.45) is -4.54. The van der Waals surface area contributed by atoms with Crippen LogP contribution >= 0.6 is 0 Å². The number of nitrogens with one attached hydrogen (secondary N) is 2. The van der Waals surface area contributed by atoms with Gasteiger partial charge in [-0.15, -0.1) is 0 Å². The molecule has 0 aliphatic heterocycles. The number of benzene rings is 3. The van der Waals surface area contributed by atoms with E-state index in [0.29, 0.717) is 17.8 Å². The first-order chi connectivity index (χ1) is 13.6. The molecule has 150 valence electrons. The van der Waals surface area contributed by atoms with Crippen LogP contribution in [0.4, 0.5) is 43.4 Å². The summed E-state index contributed by atoms with van der Waals surface area (Å²) in [6, 6.07) is 11.1. The zero-order valence-corrected chi connectivity index (χ0v) is 14.4. The SMILES string of the molecule is O=C(Nc1ccc(Nc2ccccc2C(F)(F)F)cc1)c1c(F)cc(F)cc1F. The predicted octanol–water partition coefficient (Wildman–Crippen LogP) is 6.12. The molecule has 0 bridgehead atoms. The molecule has 1 amide bonds. The standard InChI is InChI=1S/C20H12F6N2O/c21-11-9-15(22)18(16(23)10-11)19(29)28-13-7-5-12(6-8-13)27-17-4-2-1-3-14(17)20(24,25)26/h1-10,27H,(H,28,29). The van der Waals surface area contributed by atoms with Crippen LogP contribution in [0.1, 0.15) is 15.9 Å². The molecule has 0 aliphatic rings. The molecule has 3 nitrogen and oxygen atoms in total. The highest BCUT2D eigenvalue weighted by atomic mass is 19.4. The molecule has 0 heterocycles. The second-order valence-electron chi connectivity index (χ2n) is 5.94. The van der Waals surface area contributed by atoms with E-state index in [4.69, 9.17) is 0 Å². The minimum Gasteiger partial charge on any atom is -0.355 e. The van der Waals surface area contributed by atoms with Gasteiger partial charge in [-0.05, 0) is 36.4 Å². The van der Waals surface area contributed by atoms with Crippen molar-refractivity contribution >= 4 is 23.0 Å². The molecule has 3 rings (SSSR count). The first-order valence-corrected chi connectivity index (χ1v) is 8.14. The van der Waals surface area contributed by atoms with Crippen molar-refractivity contribution in [1.29, 1.82) is 0 Å². The van der Waals surface area contributed by atoms with Crippen LogP contribution in [0.25, 0.3) is 0 Å². The summed E-state index contributed by atoms with van der Waals surface area (Å²) >= 11 is 0. The van der Waals surface area contributed by atoms with Crippen LogP contribution in [-0.2, 0) is 6.18 Å². The van der Waals surface area contributed by atoms with Crippen LogP contribution in [0.3, 0.4) is 0 Å². The highest BCUT2D eigenvalue weighted by Gasteiger charge is 2.33. The lowest BCUT2D eigenvalue weighted by atomic mass is 10.1. The quantitative estimate of drug-likeness (QED) is 0.509. The Bertz CT molecular complexity index is 1020. The zero-order chi connectivity index (χ0) is 21.2. The number of para-hydroxylation sites is 1. The van der Waals surface area contributed by atoms with E-state index >= 15 is 0 Å². The monoisotopic (exact) mass is 410 g/mol. The molecule has 0 fully saturated rings. The third-order valence-electron chi connectivity index (χ3n) is 3.89. The Kier molecular flexibility index (Phi) is 5.49. The van der Waals surface area contributed by atoms with E-state index in [2.05, 4.69) is 10.6 Å². The second kappa shape index (κ2) is 7.86. The van der Waals surface area contributed by atoms with Gasteiger partial charge in [0.1, 0.15) is 23.0 Å². The molecule has 0 unspecified atom stereocenters. The smallest absolute Gasteiger partial charge is 0.355 e. The molecule has 0 atom stereocenters. The minimum absolute atomic E-state index is 0.132. The van der Waals surface area contributed by atoms with Gasteiger partial charge in [0.05, 0.1) is 11.3 Å². The topological polar surface area (TPSA) is 41.1 Å². The lowest BCUT2D eigenvalue weighted by molar-refractivity contribution is -0.136. The fourth-order valence-electron chi connectivity index (χ4n) is 2.58. The third kappa shape index (κ3) is 4.68. The molecule has 0 radical (unpaired) electrons. The molecule has 0 spiro atoms. The molecule has 3 aromatic rings. The van der Waals surface area contributed by atoms with E-state index in [9.17, 15) is 31.1 Å². The van der Waals surface area contributed by atoms with Crippen molar-refractivity contribution in [3.05, 3.63) is 89.2 Å². The van der Waals surface area contributed by atoms with Crippen LogP contribution in [0.5, 0.6) is 0 Å². The van der Waals surface area contributed by atoms with Crippen molar-refractivity contribution in [2.75, 3.05) is 10.6 Å². The van der Waals surface area contributed by atoms with Crippen LogP contribution < -0.4 is 10.6 Å². The Morgan fingerprint density at radius 2 is 1.34 bits per heavy atom. The van der Waals surface area contributed by atoms with Gasteiger partial charge >= 0.3 is 6.18 Å². The number of hydrogen-bond acceptors (Lipinski definition) is 2. The molecule has 0 aromatic heterocycles. The van der Waals surface area contributed by atoms with E-state index < -0.39 is 40.7 Å². The Labute approximate surface area is 161 Å². The summed E-state index contributed by atoms with van der Waals surface area (Å²) in [5.41, 5.74) is -1.54. The third-order valence-corrected chi connectivity index (χ3v) is 3.89. The fourth-order valence-corrected chi connectivity index (χ4v) is 2.58. The van der Waals surface area contributed by atoms with Crippen LogP contribution in [-0.4, -0.2) is 5.91 Å². The Morgan fingerprint density at radius 3 is 1.93 bits per heavy atom. The lowest BCUT2D eigenvalue weighted by Crippen LogP contribution is -2.16. The van der Waals surface area contributed by atoms with Gasteiger partial charge in [0.15, 0.2) is 0 Å². The van der Waals surface area contributed by atoms with Crippen molar-refractivity contribution in [3.8, 4) is 0 Å². The molecule has 0 aliphatic carbocycles. The normalized spacial score (nSPS) is 11.2. The van der Waals surface area contributed by atoms with Gasteiger partial charge in [-0.2, -0.15) is 13.2 Å². The van der Waals surface area contributed by atoms with E-state index in [1.54, 1.807) is 0 Å². The number of halogens is 6. The number of alkyl halides is 3. The van der Waals surface area contributed by atoms with E-state index in [1.807, 2.05) is 0 Å².